The van der Waals surface area contributed by atoms with Crippen LogP contribution in [0.1, 0.15) is 30.7 Å². The van der Waals surface area contributed by atoms with Crippen molar-refractivity contribution in [1.29, 1.82) is 0 Å². The average molecular weight is 255 g/mol. The minimum absolute atomic E-state index is 0.228. The van der Waals surface area contributed by atoms with E-state index in [9.17, 15) is 4.79 Å². The van der Waals surface area contributed by atoms with Gasteiger partial charge in [-0.3, -0.25) is 0 Å². The highest BCUT2D eigenvalue weighted by Gasteiger charge is 2.21. The lowest BCUT2D eigenvalue weighted by Crippen LogP contribution is -2.09. The molecule has 0 fully saturated rings. The van der Waals surface area contributed by atoms with Gasteiger partial charge in [0.25, 0.3) is 0 Å². The molecule has 3 heteroatoms. The lowest BCUT2D eigenvalue weighted by atomic mass is 9.85. The molecule has 0 spiro atoms. The lowest BCUT2D eigenvalue weighted by Gasteiger charge is -2.18. The summed E-state index contributed by atoms with van der Waals surface area (Å²) < 4.78 is 2.12. The number of carboxylic acid groups (broad SMARTS) is 1. The molecular formula is C16H17NO2. The molecule has 1 unspecified atom stereocenters. The van der Waals surface area contributed by atoms with E-state index in [2.05, 4.69) is 22.9 Å². The number of para-hydroxylation sites is 1. The second-order valence-corrected chi connectivity index (χ2v) is 5.21. The fourth-order valence-electron chi connectivity index (χ4n) is 3.01. The molecule has 0 saturated heterocycles. The molecule has 1 N–H and O–H groups in total. The molecule has 1 heterocycles. The molecular weight excluding hydrogens is 238 g/mol. The average Bonchev–Trinajstić information content (AvgIpc) is 2.77. The molecule has 3 nitrogen and oxygen atoms in total. The first-order chi connectivity index (χ1) is 9.16. The summed E-state index contributed by atoms with van der Waals surface area (Å²) in [6.45, 7) is 0. The molecule has 98 valence electrons. The van der Waals surface area contributed by atoms with E-state index in [1.54, 1.807) is 0 Å². The third-order valence-electron chi connectivity index (χ3n) is 3.97. The quantitative estimate of drug-likeness (QED) is 0.893. The zero-order valence-corrected chi connectivity index (χ0v) is 11.0. The summed E-state index contributed by atoms with van der Waals surface area (Å²) in [4.78, 5) is 11.1. The van der Waals surface area contributed by atoms with E-state index >= 15 is 0 Å². The van der Waals surface area contributed by atoms with Gasteiger partial charge in [-0.15, -0.1) is 0 Å². The van der Waals surface area contributed by atoms with Crippen LogP contribution in [0.15, 0.2) is 42.1 Å². The van der Waals surface area contributed by atoms with Gasteiger partial charge >= 0.3 is 5.97 Å². The molecule has 1 aliphatic rings. The van der Waals surface area contributed by atoms with Crippen LogP contribution in [0, 0.1) is 0 Å². The number of fused-ring (bicyclic) bond motifs is 1. The first-order valence-corrected chi connectivity index (χ1v) is 6.65. The minimum Gasteiger partial charge on any atom is -0.478 e. The first kappa shape index (κ1) is 12.0. The van der Waals surface area contributed by atoms with Crippen molar-refractivity contribution in [3.05, 3.63) is 47.7 Å². The van der Waals surface area contributed by atoms with Crippen molar-refractivity contribution in [2.45, 2.75) is 25.2 Å². The van der Waals surface area contributed by atoms with Crippen LogP contribution in [0.5, 0.6) is 0 Å². The Morgan fingerprint density at radius 3 is 2.95 bits per heavy atom. The molecule has 0 aliphatic heterocycles. The molecule has 1 aliphatic carbocycles. The van der Waals surface area contributed by atoms with E-state index in [0.29, 0.717) is 12.0 Å². The van der Waals surface area contributed by atoms with Crippen molar-refractivity contribution in [3.8, 4) is 0 Å². The van der Waals surface area contributed by atoms with Crippen molar-refractivity contribution in [2.75, 3.05) is 0 Å². The van der Waals surface area contributed by atoms with Gasteiger partial charge in [0.1, 0.15) is 0 Å². The summed E-state index contributed by atoms with van der Waals surface area (Å²) in [5, 5.41) is 10.4. The highest BCUT2D eigenvalue weighted by Crippen LogP contribution is 2.35. The normalized spacial score (nSPS) is 19.4. The zero-order chi connectivity index (χ0) is 13.4. The number of aliphatic carboxylic acids is 1. The van der Waals surface area contributed by atoms with Gasteiger partial charge in [-0.2, -0.15) is 0 Å². The van der Waals surface area contributed by atoms with E-state index in [0.717, 1.165) is 12.8 Å². The Morgan fingerprint density at radius 1 is 1.37 bits per heavy atom. The molecule has 0 saturated carbocycles. The maximum Gasteiger partial charge on any atom is 0.331 e. The summed E-state index contributed by atoms with van der Waals surface area (Å²) in [6.07, 6.45) is 6.75. The Labute approximate surface area is 112 Å². The van der Waals surface area contributed by atoms with Gasteiger partial charge in [0.2, 0.25) is 0 Å². The van der Waals surface area contributed by atoms with E-state index in [-0.39, 0.29) is 5.92 Å². The van der Waals surface area contributed by atoms with Gasteiger partial charge < -0.3 is 9.67 Å². The van der Waals surface area contributed by atoms with Gasteiger partial charge in [0.05, 0.1) is 0 Å². The molecule has 0 bridgehead atoms. The molecule has 1 aromatic heterocycles. The molecule has 3 rings (SSSR count). The van der Waals surface area contributed by atoms with Crippen molar-refractivity contribution in [2.24, 2.45) is 7.05 Å². The number of hydrogen-bond acceptors (Lipinski definition) is 1. The van der Waals surface area contributed by atoms with Crippen LogP contribution >= 0.6 is 0 Å². The number of nitrogens with zero attached hydrogens (tertiary/aromatic N) is 1. The fraction of sp³-hybridized carbons (Fsp3) is 0.312. The monoisotopic (exact) mass is 255 g/mol. The number of aromatic nitrogens is 1. The number of carboxylic acids is 1. The van der Waals surface area contributed by atoms with Gasteiger partial charge in [-0.25, -0.2) is 4.79 Å². The maximum atomic E-state index is 11.1. The molecule has 0 amide bonds. The smallest absolute Gasteiger partial charge is 0.331 e. The van der Waals surface area contributed by atoms with Gasteiger partial charge in [0.15, 0.2) is 0 Å². The SMILES string of the molecule is Cn1cc(C2C=C(C(=O)O)CCC2)c2ccccc21. The minimum atomic E-state index is -0.773. The second-order valence-electron chi connectivity index (χ2n) is 5.21. The van der Waals surface area contributed by atoms with Crippen LogP contribution in [-0.4, -0.2) is 15.6 Å². The Morgan fingerprint density at radius 2 is 2.16 bits per heavy atom. The standard InChI is InChI=1S/C16H17NO2/c1-17-10-14(13-7-2-3-8-15(13)17)11-5-4-6-12(9-11)16(18)19/h2-3,7-11H,4-6H2,1H3,(H,18,19). The number of benzene rings is 1. The van der Waals surface area contributed by atoms with Crippen molar-refractivity contribution in [1.82, 2.24) is 4.57 Å². The number of hydrogen-bond donors (Lipinski definition) is 1. The topological polar surface area (TPSA) is 42.2 Å². The summed E-state index contributed by atoms with van der Waals surface area (Å²) >= 11 is 0. The van der Waals surface area contributed by atoms with Crippen LogP contribution in [0.25, 0.3) is 10.9 Å². The predicted molar refractivity (Wildman–Crippen MR) is 75.2 cm³/mol. The molecule has 1 atom stereocenters. The molecule has 0 radical (unpaired) electrons. The third kappa shape index (κ3) is 2.05. The summed E-state index contributed by atoms with van der Waals surface area (Å²) in [5.74, 6) is -0.545. The van der Waals surface area contributed by atoms with E-state index in [4.69, 9.17) is 5.11 Å². The summed E-state index contributed by atoms with van der Waals surface area (Å²) in [5.41, 5.74) is 3.01. The number of allylic oxidation sites excluding steroid dienone is 1. The molecule has 2 aromatic rings. The molecule has 19 heavy (non-hydrogen) atoms. The Bertz CT molecular complexity index is 666. The van der Waals surface area contributed by atoms with Crippen LogP contribution in [0.2, 0.25) is 0 Å². The van der Waals surface area contributed by atoms with Crippen LogP contribution in [-0.2, 0) is 11.8 Å². The molecule has 1 aromatic carbocycles. The highest BCUT2D eigenvalue weighted by atomic mass is 16.4. The number of aryl methyl sites for hydroxylation is 1. The Kier molecular flexibility index (Phi) is 2.90. The second kappa shape index (κ2) is 4.57. The number of rotatable bonds is 2. The largest absolute Gasteiger partial charge is 0.478 e. The van der Waals surface area contributed by atoms with Crippen molar-refractivity contribution in [3.63, 3.8) is 0 Å². The Hall–Kier alpha value is -2.03. The highest BCUT2D eigenvalue weighted by molar-refractivity contribution is 5.88. The lowest BCUT2D eigenvalue weighted by molar-refractivity contribution is -0.132. The number of carbonyl (C=O) groups is 1. The van der Waals surface area contributed by atoms with Crippen molar-refractivity contribution >= 4 is 16.9 Å². The third-order valence-corrected chi connectivity index (χ3v) is 3.97. The maximum absolute atomic E-state index is 11.1. The van der Waals surface area contributed by atoms with Crippen molar-refractivity contribution < 1.29 is 9.90 Å². The van der Waals surface area contributed by atoms with Gasteiger partial charge in [0, 0.05) is 35.6 Å². The Balaban J connectivity index is 2.10. The summed E-state index contributed by atoms with van der Waals surface area (Å²) in [6, 6.07) is 8.29. The van der Waals surface area contributed by atoms with Gasteiger partial charge in [-0.1, -0.05) is 24.3 Å². The predicted octanol–water partition coefficient (Wildman–Crippen LogP) is 3.46. The summed E-state index contributed by atoms with van der Waals surface area (Å²) in [7, 11) is 2.04. The first-order valence-electron chi connectivity index (χ1n) is 6.65. The van der Waals surface area contributed by atoms with Crippen LogP contribution in [0.3, 0.4) is 0 Å². The van der Waals surface area contributed by atoms with E-state index in [1.165, 1.54) is 16.5 Å². The van der Waals surface area contributed by atoms with E-state index in [1.807, 2.05) is 25.3 Å². The fourth-order valence-corrected chi connectivity index (χ4v) is 3.01. The van der Waals surface area contributed by atoms with Crippen LogP contribution in [0.4, 0.5) is 0 Å². The van der Waals surface area contributed by atoms with E-state index < -0.39 is 5.97 Å². The zero-order valence-electron chi connectivity index (χ0n) is 11.0. The van der Waals surface area contributed by atoms with Crippen LogP contribution < -0.4 is 0 Å². The van der Waals surface area contributed by atoms with Gasteiger partial charge in [-0.05, 0) is 30.9 Å².